The van der Waals surface area contributed by atoms with Crippen LogP contribution in [0.15, 0.2) is 22.7 Å². The maximum Gasteiger partial charge on any atom is 0.0188 e. The molecule has 0 radical (unpaired) electrons. The van der Waals surface area contributed by atoms with Crippen LogP contribution >= 0.6 is 38.5 Å². The largest absolute Gasteiger partial charge is 0.0654 e. The lowest BCUT2D eigenvalue weighted by Gasteiger charge is -2.05. The van der Waals surface area contributed by atoms with Gasteiger partial charge in [0.05, 0.1) is 0 Å². The molecule has 0 spiro atoms. The first-order valence-electron chi connectivity index (χ1n) is 10.2. The Bertz CT molecular complexity index is 396. The van der Waals surface area contributed by atoms with Gasteiger partial charge in [0, 0.05) is 8.04 Å². The SMILES string of the molecule is CCCCCCCCCCCCCCCCc1cc(Br)cc(I)c1. The van der Waals surface area contributed by atoms with E-state index in [1.165, 1.54) is 110 Å². The topological polar surface area (TPSA) is 0 Å². The predicted octanol–water partition coefficient (Wildman–Crippen LogP) is 9.08. The molecule has 1 rings (SSSR count). The fourth-order valence-corrected chi connectivity index (χ4v) is 4.98. The van der Waals surface area contributed by atoms with E-state index < -0.39 is 0 Å². The molecule has 24 heavy (non-hydrogen) atoms. The highest BCUT2D eigenvalue weighted by Crippen LogP contribution is 2.19. The van der Waals surface area contributed by atoms with Gasteiger partial charge in [-0.05, 0) is 59.2 Å². The molecule has 0 aliphatic heterocycles. The van der Waals surface area contributed by atoms with Crippen LogP contribution in [-0.4, -0.2) is 0 Å². The average molecular weight is 507 g/mol. The summed E-state index contributed by atoms with van der Waals surface area (Å²) in [5.41, 5.74) is 1.48. The summed E-state index contributed by atoms with van der Waals surface area (Å²) >= 11 is 5.99. The number of rotatable bonds is 15. The summed E-state index contributed by atoms with van der Waals surface area (Å²) in [5.74, 6) is 0. The fraction of sp³-hybridized carbons (Fsp3) is 0.727. The molecule has 0 unspecified atom stereocenters. The summed E-state index contributed by atoms with van der Waals surface area (Å²) in [6.07, 6.45) is 21.3. The zero-order valence-electron chi connectivity index (χ0n) is 15.6. The number of hydrogen-bond donors (Lipinski definition) is 0. The van der Waals surface area contributed by atoms with Crippen molar-refractivity contribution in [3.05, 3.63) is 31.8 Å². The van der Waals surface area contributed by atoms with Crippen molar-refractivity contribution < 1.29 is 0 Å². The number of halogens is 2. The molecular weight excluding hydrogens is 471 g/mol. The predicted molar refractivity (Wildman–Crippen MR) is 121 cm³/mol. The van der Waals surface area contributed by atoms with Crippen LogP contribution < -0.4 is 0 Å². The lowest BCUT2D eigenvalue weighted by Crippen LogP contribution is -1.88. The molecule has 1 aromatic carbocycles. The molecule has 0 aliphatic rings. The second kappa shape index (κ2) is 15.7. The maximum absolute atomic E-state index is 3.59. The Morgan fingerprint density at radius 2 is 1.12 bits per heavy atom. The van der Waals surface area contributed by atoms with Crippen LogP contribution in [0.4, 0.5) is 0 Å². The molecule has 0 saturated heterocycles. The van der Waals surface area contributed by atoms with Gasteiger partial charge < -0.3 is 0 Å². The molecule has 0 heterocycles. The molecule has 0 aromatic heterocycles. The van der Waals surface area contributed by atoms with Crippen LogP contribution in [0.1, 0.15) is 102 Å². The molecule has 0 N–H and O–H groups in total. The fourth-order valence-electron chi connectivity index (χ4n) is 3.28. The summed E-state index contributed by atoms with van der Waals surface area (Å²) in [6, 6.07) is 6.76. The van der Waals surface area contributed by atoms with E-state index in [1.807, 2.05) is 0 Å². The van der Waals surface area contributed by atoms with E-state index in [0.717, 1.165) is 0 Å². The molecule has 0 atom stereocenters. The molecule has 0 nitrogen and oxygen atoms in total. The van der Waals surface area contributed by atoms with Crippen molar-refractivity contribution in [3.8, 4) is 0 Å². The summed E-state index contributed by atoms with van der Waals surface area (Å²) in [4.78, 5) is 0. The Labute approximate surface area is 172 Å². The third-order valence-electron chi connectivity index (χ3n) is 4.74. The highest BCUT2D eigenvalue weighted by Gasteiger charge is 1.98. The lowest BCUT2D eigenvalue weighted by atomic mass is 10.0. The van der Waals surface area contributed by atoms with Crippen LogP contribution in [-0.2, 0) is 6.42 Å². The van der Waals surface area contributed by atoms with E-state index in [0.29, 0.717) is 0 Å². The average Bonchev–Trinajstić information content (AvgIpc) is 2.54. The lowest BCUT2D eigenvalue weighted by molar-refractivity contribution is 0.535. The van der Waals surface area contributed by atoms with Crippen molar-refractivity contribution in [2.75, 3.05) is 0 Å². The van der Waals surface area contributed by atoms with Gasteiger partial charge in [-0.15, -0.1) is 0 Å². The standard InChI is InChI=1S/C22H36BrI/c1-2-3-4-5-6-7-8-9-10-11-12-13-14-15-16-20-17-21(23)19-22(24)18-20/h17-19H,2-16H2,1H3. The minimum atomic E-state index is 1.22. The first-order valence-corrected chi connectivity index (χ1v) is 12.0. The van der Waals surface area contributed by atoms with Gasteiger partial charge in [0.15, 0.2) is 0 Å². The van der Waals surface area contributed by atoms with Crippen molar-refractivity contribution in [2.45, 2.75) is 103 Å². The van der Waals surface area contributed by atoms with Crippen molar-refractivity contribution in [1.29, 1.82) is 0 Å². The van der Waals surface area contributed by atoms with E-state index in [4.69, 9.17) is 0 Å². The first kappa shape index (κ1) is 22.5. The highest BCUT2D eigenvalue weighted by molar-refractivity contribution is 14.1. The van der Waals surface area contributed by atoms with E-state index in [2.05, 4.69) is 63.6 Å². The molecule has 1 aromatic rings. The molecule has 0 fully saturated rings. The second-order valence-corrected chi connectivity index (χ2v) is 9.29. The van der Waals surface area contributed by atoms with Crippen LogP contribution in [0.2, 0.25) is 0 Å². The van der Waals surface area contributed by atoms with Gasteiger partial charge in [-0.3, -0.25) is 0 Å². The maximum atomic E-state index is 3.59. The van der Waals surface area contributed by atoms with Gasteiger partial charge in [0.2, 0.25) is 0 Å². The molecular formula is C22H36BrI. The minimum Gasteiger partial charge on any atom is -0.0654 e. The van der Waals surface area contributed by atoms with E-state index in [1.54, 1.807) is 0 Å². The molecule has 0 bridgehead atoms. The summed E-state index contributed by atoms with van der Waals surface area (Å²) in [5, 5.41) is 0. The van der Waals surface area contributed by atoms with Crippen LogP contribution in [0.3, 0.4) is 0 Å². The molecule has 0 aliphatic carbocycles. The number of hydrogen-bond acceptors (Lipinski definition) is 0. The van der Waals surface area contributed by atoms with Gasteiger partial charge >= 0.3 is 0 Å². The van der Waals surface area contributed by atoms with Crippen molar-refractivity contribution >= 4 is 38.5 Å². The Kier molecular flexibility index (Phi) is 14.7. The minimum absolute atomic E-state index is 1.22. The quantitative estimate of drug-likeness (QED) is 0.164. The number of unbranched alkanes of at least 4 members (excludes halogenated alkanes) is 13. The Hall–Kier alpha value is 0.430. The zero-order chi connectivity index (χ0) is 17.5. The first-order chi connectivity index (χ1) is 11.7. The zero-order valence-corrected chi connectivity index (χ0v) is 19.3. The van der Waals surface area contributed by atoms with Gasteiger partial charge in [-0.1, -0.05) is 106 Å². The molecule has 2 heteroatoms. The van der Waals surface area contributed by atoms with Crippen molar-refractivity contribution in [3.63, 3.8) is 0 Å². The number of aryl methyl sites for hydroxylation is 1. The monoisotopic (exact) mass is 506 g/mol. The van der Waals surface area contributed by atoms with Gasteiger partial charge in [0.1, 0.15) is 0 Å². The van der Waals surface area contributed by atoms with Gasteiger partial charge in [-0.25, -0.2) is 0 Å². The molecule has 0 saturated carbocycles. The van der Waals surface area contributed by atoms with Crippen LogP contribution in [0.5, 0.6) is 0 Å². The normalized spacial score (nSPS) is 11.1. The van der Waals surface area contributed by atoms with E-state index >= 15 is 0 Å². The molecule has 0 amide bonds. The third-order valence-corrected chi connectivity index (χ3v) is 5.82. The summed E-state index contributed by atoms with van der Waals surface area (Å²) < 4.78 is 2.55. The number of benzene rings is 1. The summed E-state index contributed by atoms with van der Waals surface area (Å²) in [6.45, 7) is 2.29. The Balaban J connectivity index is 1.84. The molecule has 138 valence electrons. The Morgan fingerprint density at radius 3 is 1.58 bits per heavy atom. The van der Waals surface area contributed by atoms with E-state index in [-0.39, 0.29) is 0 Å². The third kappa shape index (κ3) is 12.7. The smallest absolute Gasteiger partial charge is 0.0188 e. The van der Waals surface area contributed by atoms with E-state index in [9.17, 15) is 0 Å². The Morgan fingerprint density at radius 1 is 0.667 bits per heavy atom. The summed E-state index contributed by atoms with van der Waals surface area (Å²) in [7, 11) is 0. The van der Waals surface area contributed by atoms with Crippen LogP contribution in [0.25, 0.3) is 0 Å². The van der Waals surface area contributed by atoms with Crippen molar-refractivity contribution in [2.24, 2.45) is 0 Å². The van der Waals surface area contributed by atoms with Gasteiger partial charge in [0.25, 0.3) is 0 Å². The van der Waals surface area contributed by atoms with Crippen LogP contribution in [0, 0.1) is 3.57 Å². The van der Waals surface area contributed by atoms with Gasteiger partial charge in [-0.2, -0.15) is 0 Å². The highest BCUT2D eigenvalue weighted by atomic mass is 127. The van der Waals surface area contributed by atoms with Crippen molar-refractivity contribution in [1.82, 2.24) is 0 Å². The second-order valence-electron chi connectivity index (χ2n) is 7.12.